The third-order valence-corrected chi connectivity index (χ3v) is 0.183. The fraction of sp³-hybridized carbons (Fsp3) is 0. The molecule has 0 amide bonds. The Kier molecular flexibility index (Phi) is 13.1. The molecule has 0 aliphatic carbocycles. The van der Waals surface area contributed by atoms with Gasteiger partial charge in [-0.25, -0.2) is 9.59 Å². The predicted octanol–water partition coefficient (Wildman–Crippen LogP) is -4.95. The SMILES string of the molecule is O=C(O)C(=O)O.O=C([O-])O.[Li+]. The van der Waals surface area contributed by atoms with Gasteiger partial charge in [0.05, 0.1) is 0 Å². The molecular formula is C3H3LiO7. The van der Waals surface area contributed by atoms with Crippen molar-refractivity contribution < 1.29 is 53.7 Å². The van der Waals surface area contributed by atoms with E-state index in [-0.39, 0.29) is 18.9 Å². The zero-order valence-electron chi connectivity index (χ0n) is 5.47. The van der Waals surface area contributed by atoms with Gasteiger partial charge in [-0.05, 0) is 0 Å². The number of hydrogen-bond acceptors (Lipinski definition) is 4. The van der Waals surface area contributed by atoms with Crippen molar-refractivity contribution in [2.75, 3.05) is 0 Å². The van der Waals surface area contributed by atoms with Crippen LogP contribution >= 0.6 is 0 Å². The standard InChI is InChI=1S/C2H2O4.CH2O3.Li/c3-1(4)2(5)6;2-1(3)4;/h(H,3,4)(H,5,6);(H2,2,3,4);/q;;+1/p-1. The molecule has 0 spiro atoms. The van der Waals surface area contributed by atoms with Crippen LogP contribution in [0.5, 0.6) is 0 Å². The van der Waals surface area contributed by atoms with Crippen LogP contribution in [0.15, 0.2) is 0 Å². The Balaban J connectivity index is -0.000000114. The minimum Gasteiger partial charge on any atom is -0.565 e. The van der Waals surface area contributed by atoms with Crippen molar-refractivity contribution in [3.8, 4) is 0 Å². The summed E-state index contributed by atoms with van der Waals surface area (Å²) in [4.78, 5) is 26.6. The van der Waals surface area contributed by atoms with Gasteiger partial charge in [0.15, 0.2) is 0 Å². The van der Waals surface area contributed by atoms with E-state index in [9.17, 15) is 0 Å². The van der Waals surface area contributed by atoms with Gasteiger partial charge in [-0.15, -0.1) is 0 Å². The van der Waals surface area contributed by atoms with E-state index in [1.54, 1.807) is 0 Å². The maximum atomic E-state index is 9.10. The number of carboxylic acid groups (broad SMARTS) is 4. The molecule has 0 heterocycles. The molecule has 0 rings (SSSR count). The van der Waals surface area contributed by atoms with Crippen molar-refractivity contribution in [3.63, 3.8) is 0 Å². The Morgan fingerprint density at radius 2 is 1.00 bits per heavy atom. The van der Waals surface area contributed by atoms with Crippen LogP contribution in [0.4, 0.5) is 4.79 Å². The van der Waals surface area contributed by atoms with Gasteiger partial charge in [0.25, 0.3) is 0 Å². The van der Waals surface area contributed by atoms with Crippen molar-refractivity contribution in [3.05, 3.63) is 0 Å². The van der Waals surface area contributed by atoms with Crippen LogP contribution in [0.3, 0.4) is 0 Å². The molecule has 0 aromatic heterocycles. The monoisotopic (exact) mass is 158 g/mol. The van der Waals surface area contributed by atoms with Crippen LogP contribution in [0.2, 0.25) is 0 Å². The summed E-state index contributed by atoms with van der Waals surface area (Å²) in [5, 5.41) is 30.1. The van der Waals surface area contributed by atoms with E-state index in [2.05, 4.69) is 0 Å². The summed E-state index contributed by atoms with van der Waals surface area (Å²) in [6.07, 6.45) is -2.08. The summed E-state index contributed by atoms with van der Waals surface area (Å²) in [5.41, 5.74) is 0. The zero-order valence-corrected chi connectivity index (χ0v) is 5.47. The molecule has 3 N–H and O–H groups in total. The summed E-state index contributed by atoms with van der Waals surface area (Å²) in [7, 11) is 0. The molecule has 0 radical (unpaired) electrons. The number of carbonyl (C=O) groups is 3. The second-order valence-corrected chi connectivity index (χ2v) is 0.876. The predicted molar refractivity (Wildman–Crippen MR) is 23.3 cm³/mol. The molecule has 8 heteroatoms. The van der Waals surface area contributed by atoms with E-state index in [0.717, 1.165) is 0 Å². The van der Waals surface area contributed by atoms with Crippen molar-refractivity contribution in [2.24, 2.45) is 0 Å². The minimum absolute atomic E-state index is 0. The molecule has 0 aliphatic heterocycles. The quantitative estimate of drug-likeness (QED) is 0.237. The number of hydrogen-bond donors (Lipinski definition) is 3. The van der Waals surface area contributed by atoms with E-state index in [1.807, 2.05) is 0 Å². The maximum Gasteiger partial charge on any atom is 1.00 e. The van der Waals surface area contributed by atoms with Crippen LogP contribution in [0.25, 0.3) is 0 Å². The van der Waals surface area contributed by atoms with E-state index in [1.165, 1.54) is 0 Å². The van der Waals surface area contributed by atoms with Crippen molar-refractivity contribution in [1.29, 1.82) is 0 Å². The molecule has 0 aliphatic rings. The smallest absolute Gasteiger partial charge is 0.565 e. The molecule has 0 saturated carbocycles. The first-order valence-corrected chi connectivity index (χ1v) is 1.74. The van der Waals surface area contributed by atoms with E-state index >= 15 is 0 Å². The second kappa shape index (κ2) is 8.81. The van der Waals surface area contributed by atoms with E-state index < -0.39 is 18.1 Å². The molecule has 0 bridgehead atoms. The molecule has 58 valence electrons. The number of carboxylic acids is 2. The number of rotatable bonds is 0. The molecule has 0 saturated heterocycles. The van der Waals surface area contributed by atoms with Gasteiger partial charge in [-0.1, -0.05) is 0 Å². The molecular weight excluding hydrogens is 155 g/mol. The Labute approximate surface area is 72.4 Å². The Hall–Kier alpha value is -1.19. The van der Waals surface area contributed by atoms with Crippen molar-refractivity contribution in [1.82, 2.24) is 0 Å². The third kappa shape index (κ3) is 51.8. The normalized spacial score (nSPS) is 6.18. The second-order valence-electron chi connectivity index (χ2n) is 0.876. The molecule has 11 heavy (non-hydrogen) atoms. The van der Waals surface area contributed by atoms with Gasteiger partial charge in [0.2, 0.25) is 6.16 Å². The van der Waals surface area contributed by atoms with Gasteiger partial charge in [-0.3, -0.25) is 0 Å². The molecule has 0 atom stereocenters. The first-order chi connectivity index (χ1) is 4.37. The van der Waals surface area contributed by atoms with Gasteiger partial charge in [-0.2, -0.15) is 0 Å². The van der Waals surface area contributed by atoms with Crippen LogP contribution in [0, 0.1) is 0 Å². The summed E-state index contributed by atoms with van der Waals surface area (Å²) in [6.45, 7) is 0. The summed E-state index contributed by atoms with van der Waals surface area (Å²) < 4.78 is 0. The molecule has 7 nitrogen and oxygen atoms in total. The molecule has 0 aromatic carbocycles. The maximum absolute atomic E-state index is 9.10. The average Bonchev–Trinajstić information content (AvgIpc) is 1.63. The first-order valence-electron chi connectivity index (χ1n) is 1.74. The Morgan fingerprint density at radius 3 is 1.00 bits per heavy atom. The summed E-state index contributed by atoms with van der Waals surface area (Å²) >= 11 is 0. The molecule has 0 aromatic rings. The zero-order chi connectivity index (χ0) is 8.73. The van der Waals surface area contributed by atoms with Crippen molar-refractivity contribution >= 4 is 18.1 Å². The van der Waals surface area contributed by atoms with Crippen LogP contribution < -0.4 is 24.0 Å². The minimum atomic E-state index is -2.08. The molecule has 0 fully saturated rings. The summed E-state index contributed by atoms with van der Waals surface area (Å²) in [5.74, 6) is -3.65. The van der Waals surface area contributed by atoms with Crippen molar-refractivity contribution in [2.45, 2.75) is 0 Å². The first kappa shape index (κ1) is 16.4. The van der Waals surface area contributed by atoms with Gasteiger partial charge in [0.1, 0.15) is 0 Å². The Morgan fingerprint density at radius 1 is 0.909 bits per heavy atom. The topological polar surface area (TPSA) is 135 Å². The number of aliphatic carboxylic acids is 2. The fourth-order valence-electron chi connectivity index (χ4n) is 0. The van der Waals surface area contributed by atoms with Crippen LogP contribution in [0.1, 0.15) is 0 Å². The molecule has 0 unspecified atom stereocenters. The van der Waals surface area contributed by atoms with Crippen LogP contribution in [-0.4, -0.2) is 33.4 Å². The third-order valence-electron chi connectivity index (χ3n) is 0.183. The van der Waals surface area contributed by atoms with E-state index in [0.29, 0.717) is 0 Å². The van der Waals surface area contributed by atoms with Gasteiger partial charge < -0.3 is 25.2 Å². The van der Waals surface area contributed by atoms with E-state index in [4.69, 9.17) is 34.8 Å². The largest absolute Gasteiger partial charge is 1.00 e. The fourth-order valence-corrected chi connectivity index (χ4v) is 0. The van der Waals surface area contributed by atoms with Gasteiger partial charge >= 0.3 is 30.8 Å². The Bertz CT molecular complexity index is 136. The van der Waals surface area contributed by atoms with Crippen LogP contribution in [-0.2, 0) is 9.59 Å². The summed E-state index contributed by atoms with van der Waals surface area (Å²) in [6, 6.07) is 0. The van der Waals surface area contributed by atoms with Gasteiger partial charge in [0, 0.05) is 0 Å². The average molecular weight is 158 g/mol.